The lowest BCUT2D eigenvalue weighted by Gasteiger charge is -2.42. The zero-order valence-corrected chi connectivity index (χ0v) is 23.2. The van der Waals surface area contributed by atoms with Gasteiger partial charge in [-0.1, -0.05) is 38.3 Å². The molecule has 0 spiro atoms. The average Bonchev–Trinajstić information content (AvgIpc) is 3.26. The van der Waals surface area contributed by atoms with E-state index < -0.39 is 30.1 Å². The summed E-state index contributed by atoms with van der Waals surface area (Å²) >= 11 is 0. The van der Waals surface area contributed by atoms with Crippen molar-refractivity contribution in [2.24, 2.45) is 24.3 Å². The number of halogens is 3. The summed E-state index contributed by atoms with van der Waals surface area (Å²) in [5.74, 6) is -1.14. The molecule has 2 aliphatic carbocycles. The number of alkyl halides is 3. The molecule has 2 aromatic rings. The van der Waals surface area contributed by atoms with Gasteiger partial charge in [0.1, 0.15) is 18.3 Å². The van der Waals surface area contributed by atoms with E-state index in [1.165, 1.54) is 10.9 Å². The van der Waals surface area contributed by atoms with E-state index in [1.807, 2.05) is 5.32 Å². The number of anilines is 1. The molecule has 0 bridgehead atoms. The molecule has 1 aromatic carbocycles. The zero-order chi connectivity index (χ0) is 29.4. The number of nitrogens with zero attached hydrogens (tertiary/aromatic N) is 2. The molecule has 3 aliphatic rings. The molecule has 1 aliphatic heterocycles. The number of amides is 3. The van der Waals surface area contributed by atoms with E-state index in [0.717, 1.165) is 32.1 Å². The molecule has 9 nitrogen and oxygen atoms in total. The molecule has 5 rings (SSSR count). The van der Waals surface area contributed by atoms with Crippen molar-refractivity contribution in [2.75, 3.05) is 25.1 Å². The summed E-state index contributed by atoms with van der Waals surface area (Å²) in [6, 6.07) is 7.35. The van der Waals surface area contributed by atoms with Crippen molar-refractivity contribution in [3.05, 3.63) is 47.8 Å². The largest absolute Gasteiger partial charge is 0.405 e. The fraction of sp³-hybridized carbons (Fsp3) is 0.586. The van der Waals surface area contributed by atoms with Crippen molar-refractivity contribution in [1.82, 2.24) is 20.4 Å². The maximum atomic E-state index is 13.8. The number of carbonyl (C=O) groups is 3. The Kier molecular flexibility index (Phi) is 7.88. The van der Waals surface area contributed by atoms with E-state index in [0.29, 0.717) is 22.9 Å². The minimum atomic E-state index is -4.53. The highest BCUT2D eigenvalue weighted by atomic mass is 19.4. The SMILES string of the molecule is Cn1nccc1C(=O)N[C@H](C(=O)Nc1ccc(C2(C(=O)NCC(F)(F)F)CCOC2)cc1)C(C1CCC1)C1(C)CC1. The monoisotopic (exact) mass is 575 g/mol. The van der Waals surface area contributed by atoms with Crippen LogP contribution in [0.15, 0.2) is 36.5 Å². The lowest BCUT2D eigenvalue weighted by atomic mass is 9.66. The van der Waals surface area contributed by atoms with Gasteiger partial charge in [-0.25, -0.2) is 0 Å². The third-order valence-corrected chi connectivity index (χ3v) is 9.09. The van der Waals surface area contributed by atoms with E-state index in [9.17, 15) is 27.6 Å². The molecular formula is C29H36F3N5O4. The first-order valence-electron chi connectivity index (χ1n) is 14.0. The Morgan fingerprint density at radius 2 is 1.83 bits per heavy atom. The maximum absolute atomic E-state index is 13.8. The Balaban J connectivity index is 1.35. The molecule has 1 saturated heterocycles. The van der Waals surface area contributed by atoms with Crippen LogP contribution in [0.3, 0.4) is 0 Å². The number of nitrogens with one attached hydrogen (secondary N) is 3. The van der Waals surface area contributed by atoms with E-state index in [1.54, 1.807) is 37.4 Å². The van der Waals surface area contributed by atoms with Gasteiger partial charge < -0.3 is 20.7 Å². The van der Waals surface area contributed by atoms with Gasteiger partial charge in [0.25, 0.3) is 5.91 Å². The molecule has 1 aromatic heterocycles. The molecule has 2 unspecified atom stereocenters. The Hall–Kier alpha value is -3.41. The zero-order valence-electron chi connectivity index (χ0n) is 23.2. The smallest absolute Gasteiger partial charge is 0.380 e. The van der Waals surface area contributed by atoms with E-state index >= 15 is 0 Å². The van der Waals surface area contributed by atoms with Gasteiger partial charge in [0.05, 0.1) is 12.0 Å². The second kappa shape index (κ2) is 11.1. The number of carbonyl (C=O) groups excluding carboxylic acids is 3. The van der Waals surface area contributed by atoms with Gasteiger partial charge in [0.2, 0.25) is 11.8 Å². The first-order chi connectivity index (χ1) is 19.4. The summed E-state index contributed by atoms with van der Waals surface area (Å²) in [6.45, 7) is 0.965. The van der Waals surface area contributed by atoms with Crippen molar-refractivity contribution < 1.29 is 32.3 Å². The normalized spacial score (nSPS) is 23.2. The molecule has 222 valence electrons. The van der Waals surface area contributed by atoms with Crippen molar-refractivity contribution in [3.63, 3.8) is 0 Å². The topological polar surface area (TPSA) is 114 Å². The summed E-state index contributed by atoms with van der Waals surface area (Å²) in [6.07, 6.45) is 2.37. The molecular weight excluding hydrogens is 539 g/mol. The quantitative estimate of drug-likeness (QED) is 0.400. The van der Waals surface area contributed by atoms with Crippen LogP contribution in [0.4, 0.5) is 18.9 Å². The molecule has 3 N–H and O–H groups in total. The Morgan fingerprint density at radius 1 is 1.12 bits per heavy atom. The van der Waals surface area contributed by atoms with Gasteiger partial charge in [0, 0.05) is 25.5 Å². The lowest BCUT2D eigenvalue weighted by Crippen LogP contribution is -2.54. The molecule has 41 heavy (non-hydrogen) atoms. The standard InChI is InChI=1S/C29H36F3N5O4/c1-27(11-12-27)22(18-4-3-5-18)23(36-24(38)21-10-14-34-37(21)2)25(39)35-20-8-6-19(7-9-20)28(13-15-41-17-28)26(40)33-16-29(30,31)32/h6-10,14,18,22-23H,3-5,11-13,15-17H2,1-2H3,(H,33,40)(H,35,39)(H,36,38)/t22?,23-,28?/m0/s1. The Bertz CT molecular complexity index is 1280. The molecule has 3 amide bonds. The molecule has 2 heterocycles. The number of rotatable bonds is 10. The summed E-state index contributed by atoms with van der Waals surface area (Å²) in [7, 11) is 1.67. The van der Waals surface area contributed by atoms with Gasteiger partial charge in [-0.2, -0.15) is 18.3 Å². The van der Waals surface area contributed by atoms with Crippen LogP contribution in [0.2, 0.25) is 0 Å². The minimum Gasteiger partial charge on any atom is -0.380 e. The molecule has 3 fully saturated rings. The predicted octanol–water partition coefficient (Wildman–Crippen LogP) is 3.71. The predicted molar refractivity (Wildman–Crippen MR) is 144 cm³/mol. The number of hydrogen-bond acceptors (Lipinski definition) is 5. The summed E-state index contributed by atoms with van der Waals surface area (Å²) in [4.78, 5) is 39.9. The third kappa shape index (κ3) is 6.12. The van der Waals surface area contributed by atoms with Crippen molar-refractivity contribution in [2.45, 2.75) is 63.1 Å². The van der Waals surface area contributed by atoms with E-state index in [4.69, 9.17) is 4.74 Å². The van der Waals surface area contributed by atoms with Crippen LogP contribution in [-0.4, -0.2) is 59.5 Å². The van der Waals surface area contributed by atoms with Crippen LogP contribution in [0.1, 0.15) is 61.5 Å². The molecule has 2 saturated carbocycles. The van der Waals surface area contributed by atoms with Crippen LogP contribution in [0.5, 0.6) is 0 Å². The van der Waals surface area contributed by atoms with Gasteiger partial charge >= 0.3 is 6.18 Å². The Labute approximate surface area is 236 Å². The number of aryl methyl sites for hydroxylation is 1. The van der Waals surface area contributed by atoms with Crippen LogP contribution >= 0.6 is 0 Å². The van der Waals surface area contributed by atoms with E-state index in [-0.39, 0.29) is 42.8 Å². The van der Waals surface area contributed by atoms with E-state index in [2.05, 4.69) is 22.7 Å². The highest BCUT2D eigenvalue weighted by molar-refractivity contribution is 6.01. The second-order valence-corrected chi connectivity index (χ2v) is 11.9. The summed E-state index contributed by atoms with van der Waals surface area (Å²) in [5.41, 5.74) is 0.0371. The summed E-state index contributed by atoms with van der Waals surface area (Å²) < 4.78 is 45.1. The Morgan fingerprint density at radius 3 is 2.34 bits per heavy atom. The van der Waals surface area contributed by atoms with Crippen LogP contribution in [0.25, 0.3) is 0 Å². The number of ether oxygens (including phenoxy) is 1. The lowest BCUT2D eigenvalue weighted by molar-refractivity contribution is -0.142. The van der Waals surface area contributed by atoms with Crippen molar-refractivity contribution in [1.29, 1.82) is 0 Å². The number of hydrogen-bond donors (Lipinski definition) is 3. The maximum Gasteiger partial charge on any atom is 0.405 e. The molecule has 12 heteroatoms. The third-order valence-electron chi connectivity index (χ3n) is 9.09. The minimum absolute atomic E-state index is 0.0241. The van der Waals surface area contributed by atoms with Crippen LogP contribution < -0.4 is 16.0 Å². The fourth-order valence-corrected chi connectivity index (χ4v) is 6.25. The van der Waals surface area contributed by atoms with Crippen LogP contribution in [0, 0.1) is 17.3 Å². The highest BCUT2D eigenvalue weighted by Gasteiger charge is 2.54. The van der Waals surface area contributed by atoms with Gasteiger partial charge in [0.15, 0.2) is 0 Å². The van der Waals surface area contributed by atoms with Gasteiger partial charge in [-0.05, 0) is 60.3 Å². The second-order valence-electron chi connectivity index (χ2n) is 11.9. The number of benzene rings is 1. The van der Waals surface area contributed by atoms with Gasteiger partial charge in [-0.3, -0.25) is 19.1 Å². The van der Waals surface area contributed by atoms with Crippen molar-refractivity contribution in [3.8, 4) is 0 Å². The number of aromatic nitrogens is 2. The molecule has 3 atom stereocenters. The summed E-state index contributed by atoms with van der Waals surface area (Å²) in [5, 5.41) is 12.0. The van der Waals surface area contributed by atoms with Crippen LogP contribution in [-0.2, 0) is 26.8 Å². The highest BCUT2D eigenvalue weighted by Crippen LogP contribution is 2.58. The van der Waals surface area contributed by atoms with Gasteiger partial charge in [-0.15, -0.1) is 0 Å². The first kappa shape index (κ1) is 29.1. The average molecular weight is 576 g/mol. The fourth-order valence-electron chi connectivity index (χ4n) is 6.25. The molecule has 0 radical (unpaired) electrons. The first-order valence-corrected chi connectivity index (χ1v) is 14.0. The van der Waals surface area contributed by atoms with Crippen molar-refractivity contribution >= 4 is 23.4 Å².